The molecule has 3 nitrogen and oxygen atoms in total. The standard InChI is InChI=1S/C9H10BrFO3/c1-12-5-14-9-3-6(10)8(13-2)4-7(9)11/h3-4H,5H2,1-2H3. The zero-order valence-corrected chi connectivity index (χ0v) is 9.43. The molecular formula is C9H10BrFO3. The normalized spacial score (nSPS) is 10.0. The molecule has 0 spiro atoms. The number of ether oxygens (including phenoxy) is 3. The second kappa shape index (κ2) is 5.17. The Morgan fingerprint density at radius 3 is 2.57 bits per heavy atom. The molecule has 1 rings (SSSR count). The molecule has 0 aliphatic carbocycles. The van der Waals surface area contributed by atoms with Crippen LogP contribution in [0.25, 0.3) is 0 Å². The lowest BCUT2D eigenvalue weighted by molar-refractivity contribution is 0.0482. The number of hydrogen-bond acceptors (Lipinski definition) is 3. The number of methoxy groups -OCH3 is 2. The first-order valence-electron chi connectivity index (χ1n) is 3.83. The Balaban J connectivity index is 2.90. The Morgan fingerprint density at radius 1 is 1.29 bits per heavy atom. The molecule has 5 heteroatoms. The van der Waals surface area contributed by atoms with E-state index in [0.717, 1.165) is 0 Å². The summed E-state index contributed by atoms with van der Waals surface area (Å²) in [7, 11) is 2.94. The topological polar surface area (TPSA) is 27.7 Å². The monoisotopic (exact) mass is 264 g/mol. The molecule has 0 aliphatic heterocycles. The van der Waals surface area contributed by atoms with Crippen molar-refractivity contribution in [2.45, 2.75) is 0 Å². The average Bonchev–Trinajstić information content (AvgIpc) is 2.18. The lowest BCUT2D eigenvalue weighted by Crippen LogP contribution is -2.01. The van der Waals surface area contributed by atoms with Crippen molar-refractivity contribution in [1.82, 2.24) is 0 Å². The molecule has 0 heterocycles. The summed E-state index contributed by atoms with van der Waals surface area (Å²) in [4.78, 5) is 0. The highest BCUT2D eigenvalue weighted by atomic mass is 79.9. The third kappa shape index (κ3) is 2.59. The van der Waals surface area contributed by atoms with Crippen molar-refractivity contribution in [2.75, 3.05) is 21.0 Å². The fourth-order valence-corrected chi connectivity index (χ4v) is 1.38. The van der Waals surface area contributed by atoms with Gasteiger partial charge in [0.2, 0.25) is 0 Å². The van der Waals surface area contributed by atoms with E-state index in [1.54, 1.807) is 0 Å². The average molecular weight is 265 g/mol. The van der Waals surface area contributed by atoms with Gasteiger partial charge in [-0.1, -0.05) is 0 Å². The van der Waals surface area contributed by atoms with E-state index in [1.165, 1.54) is 26.4 Å². The van der Waals surface area contributed by atoms with Crippen LogP contribution in [0.4, 0.5) is 4.39 Å². The zero-order valence-electron chi connectivity index (χ0n) is 7.84. The lowest BCUT2D eigenvalue weighted by Gasteiger charge is -2.08. The summed E-state index contributed by atoms with van der Waals surface area (Å²) in [6, 6.07) is 2.74. The van der Waals surface area contributed by atoms with Crippen molar-refractivity contribution < 1.29 is 18.6 Å². The summed E-state index contributed by atoms with van der Waals surface area (Å²) in [5.74, 6) is 0.0638. The van der Waals surface area contributed by atoms with Crippen molar-refractivity contribution in [3.05, 3.63) is 22.4 Å². The molecule has 0 saturated carbocycles. The SMILES string of the molecule is COCOc1cc(Br)c(OC)cc1F. The van der Waals surface area contributed by atoms with Crippen LogP contribution < -0.4 is 9.47 Å². The van der Waals surface area contributed by atoms with Gasteiger partial charge in [-0.05, 0) is 15.9 Å². The minimum Gasteiger partial charge on any atom is -0.495 e. The maximum Gasteiger partial charge on any atom is 0.188 e. The fraction of sp³-hybridized carbons (Fsp3) is 0.333. The van der Waals surface area contributed by atoms with Crippen LogP contribution in [0.3, 0.4) is 0 Å². The van der Waals surface area contributed by atoms with E-state index < -0.39 is 5.82 Å². The van der Waals surface area contributed by atoms with Gasteiger partial charge in [0.25, 0.3) is 0 Å². The molecule has 0 aliphatic rings. The highest BCUT2D eigenvalue weighted by Crippen LogP contribution is 2.31. The van der Waals surface area contributed by atoms with Gasteiger partial charge in [0.1, 0.15) is 5.75 Å². The van der Waals surface area contributed by atoms with Gasteiger partial charge in [-0.15, -0.1) is 0 Å². The number of halogens is 2. The second-order valence-electron chi connectivity index (χ2n) is 2.47. The van der Waals surface area contributed by atoms with Crippen LogP contribution in [0.15, 0.2) is 16.6 Å². The maximum atomic E-state index is 13.3. The molecule has 0 fully saturated rings. The Bertz CT molecular complexity index is 317. The smallest absolute Gasteiger partial charge is 0.188 e. The zero-order chi connectivity index (χ0) is 10.6. The minimum absolute atomic E-state index is 0.00961. The molecule has 1 aromatic carbocycles. The van der Waals surface area contributed by atoms with E-state index in [2.05, 4.69) is 20.7 Å². The van der Waals surface area contributed by atoms with Crippen LogP contribution in [0.1, 0.15) is 0 Å². The molecule has 0 atom stereocenters. The highest BCUT2D eigenvalue weighted by molar-refractivity contribution is 9.10. The molecule has 0 radical (unpaired) electrons. The second-order valence-corrected chi connectivity index (χ2v) is 3.32. The van der Waals surface area contributed by atoms with Gasteiger partial charge in [-0.2, -0.15) is 0 Å². The van der Waals surface area contributed by atoms with E-state index in [0.29, 0.717) is 10.2 Å². The summed E-state index contributed by atoms with van der Waals surface area (Å²) < 4.78 is 28.4. The van der Waals surface area contributed by atoms with E-state index in [9.17, 15) is 4.39 Å². The third-order valence-electron chi connectivity index (χ3n) is 1.54. The first kappa shape index (κ1) is 11.3. The number of rotatable bonds is 4. The predicted molar refractivity (Wildman–Crippen MR) is 53.2 cm³/mol. The lowest BCUT2D eigenvalue weighted by atomic mass is 10.3. The quantitative estimate of drug-likeness (QED) is 0.783. The number of hydrogen-bond donors (Lipinski definition) is 0. The van der Waals surface area contributed by atoms with E-state index >= 15 is 0 Å². The van der Waals surface area contributed by atoms with Gasteiger partial charge in [0, 0.05) is 19.2 Å². The largest absolute Gasteiger partial charge is 0.495 e. The summed E-state index contributed by atoms with van der Waals surface area (Å²) in [6.45, 7) is 0.00961. The van der Waals surface area contributed by atoms with Crippen molar-refractivity contribution in [3.8, 4) is 11.5 Å². The van der Waals surface area contributed by atoms with Gasteiger partial charge in [-0.3, -0.25) is 0 Å². The third-order valence-corrected chi connectivity index (χ3v) is 2.16. The molecule has 78 valence electrons. The predicted octanol–water partition coefficient (Wildman–Crippen LogP) is 2.58. The summed E-state index contributed by atoms with van der Waals surface area (Å²) in [6.07, 6.45) is 0. The Kier molecular flexibility index (Phi) is 4.16. The Hall–Kier alpha value is -0.810. The van der Waals surface area contributed by atoms with Crippen LogP contribution >= 0.6 is 15.9 Å². The molecule has 0 aromatic heterocycles. The van der Waals surface area contributed by atoms with Crippen LogP contribution in [0.5, 0.6) is 11.5 Å². The van der Waals surface area contributed by atoms with Crippen LogP contribution in [0.2, 0.25) is 0 Å². The number of benzene rings is 1. The van der Waals surface area contributed by atoms with Gasteiger partial charge < -0.3 is 14.2 Å². The van der Waals surface area contributed by atoms with Gasteiger partial charge in [-0.25, -0.2) is 4.39 Å². The van der Waals surface area contributed by atoms with Gasteiger partial charge in [0.05, 0.1) is 11.6 Å². The molecule has 14 heavy (non-hydrogen) atoms. The summed E-state index contributed by atoms with van der Waals surface area (Å²) >= 11 is 3.22. The summed E-state index contributed by atoms with van der Waals surface area (Å²) in [5, 5.41) is 0. The van der Waals surface area contributed by atoms with Crippen molar-refractivity contribution >= 4 is 15.9 Å². The maximum absolute atomic E-state index is 13.3. The van der Waals surface area contributed by atoms with Crippen molar-refractivity contribution in [2.24, 2.45) is 0 Å². The van der Waals surface area contributed by atoms with E-state index in [1.807, 2.05) is 0 Å². The molecule has 1 aromatic rings. The van der Waals surface area contributed by atoms with E-state index in [-0.39, 0.29) is 12.5 Å². The fourth-order valence-electron chi connectivity index (χ4n) is 0.900. The van der Waals surface area contributed by atoms with Gasteiger partial charge >= 0.3 is 0 Å². The molecule has 0 unspecified atom stereocenters. The molecule has 0 N–H and O–H groups in total. The Morgan fingerprint density at radius 2 is 2.00 bits per heavy atom. The van der Waals surface area contributed by atoms with Crippen LogP contribution in [-0.4, -0.2) is 21.0 Å². The molecule has 0 amide bonds. The first-order valence-corrected chi connectivity index (χ1v) is 4.63. The van der Waals surface area contributed by atoms with Crippen LogP contribution in [0, 0.1) is 5.82 Å². The first-order chi connectivity index (χ1) is 6.69. The van der Waals surface area contributed by atoms with Crippen LogP contribution in [-0.2, 0) is 4.74 Å². The van der Waals surface area contributed by atoms with Gasteiger partial charge in [0.15, 0.2) is 18.4 Å². The molecular weight excluding hydrogens is 255 g/mol. The molecule has 0 saturated heterocycles. The summed E-state index contributed by atoms with van der Waals surface area (Å²) in [5.41, 5.74) is 0. The van der Waals surface area contributed by atoms with Crippen molar-refractivity contribution in [1.29, 1.82) is 0 Å². The minimum atomic E-state index is -0.484. The van der Waals surface area contributed by atoms with Crippen molar-refractivity contribution in [3.63, 3.8) is 0 Å². The Labute approximate surface area is 89.9 Å². The molecule has 0 bridgehead atoms. The van der Waals surface area contributed by atoms with E-state index in [4.69, 9.17) is 9.47 Å². The highest BCUT2D eigenvalue weighted by Gasteiger charge is 2.09.